The van der Waals surface area contributed by atoms with Gasteiger partial charge in [-0.2, -0.15) is 0 Å². The second-order valence-corrected chi connectivity index (χ2v) is 4.46. The van der Waals surface area contributed by atoms with E-state index in [1.807, 2.05) is 22.6 Å². The van der Waals surface area contributed by atoms with Gasteiger partial charge in [-0.15, -0.1) is 0 Å². The molecule has 2 rings (SSSR count). The lowest BCUT2D eigenvalue weighted by Crippen LogP contribution is -2.07. The summed E-state index contributed by atoms with van der Waals surface area (Å²) in [5.74, 6) is -1.77. The Hall–Kier alpha value is -1.77. The van der Waals surface area contributed by atoms with E-state index < -0.39 is 5.97 Å². The molecule has 0 aliphatic rings. The molecule has 0 aliphatic carbocycles. The van der Waals surface area contributed by atoms with Gasteiger partial charge in [0.15, 0.2) is 17.6 Å². The molecule has 2 aromatic rings. The molecule has 3 N–H and O–H groups in total. The van der Waals surface area contributed by atoms with Crippen molar-refractivity contribution in [2.24, 2.45) is 0 Å². The summed E-state index contributed by atoms with van der Waals surface area (Å²) in [6.45, 7) is 0. The van der Waals surface area contributed by atoms with Gasteiger partial charge >= 0.3 is 5.97 Å². The van der Waals surface area contributed by atoms with Gasteiger partial charge in [-0.1, -0.05) is 0 Å². The van der Waals surface area contributed by atoms with E-state index >= 15 is 0 Å². The average molecular weight is 346 g/mol. The summed E-state index contributed by atoms with van der Waals surface area (Å²) in [5, 5.41) is 28.1. The van der Waals surface area contributed by atoms with Crippen LogP contribution in [0.3, 0.4) is 0 Å². The molecule has 0 radical (unpaired) electrons. The molecule has 0 saturated carbocycles. The number of rotatable bonds is 2. The number of aromatic nitrogens is 2. The molecule has 0 bridgehead atoms. The minimum atomic E-state index is -1.18. The van der Waals surface area contributed by atoms with Crippen molar-refractivity contribution in [3.63, 3.8) is 0 Å². The van der Waals surface area contributed by atoms with Gasteiger partial charge in [0.1, 0.15) is 5.56 Å². The number of nitrogens with zero attached hydrogens (tertiary/aromatic N) is 2. The first kappa shape index (κ1) is 11.7. The van der Waals surface area contributed by atoms with Crippen molar-refractivity contribution in [2.45, 2.75) is 0 Å². The molecular formula is C10H7IN2O4. The first-order valence-corrected chi connectivity index (χ1v) is 5.57. The maximum Gasteiger partial charge on any atom is 0.339 e. The molecule has 6 nitrogen and oxygen atoms in total. The van der Waals surface area contributed by atoms with Crippen LogP contribution in [0.15, 0.2) is 24.4 Å². The summed E-state index contributed by atoms with van der Waals surface area (Å²) in [6, 6.07) is 3.91. The number of aromatic hydroxyl groups is 2. The topological polar surface area (TPSA) is 95.6 Å². The van der Waals surface area contributed by atoms with E-state index in [0.717, 1.165) is 4.57 Å². The van der Waals surface area contributed by atoms with Crippen LogP contribution in [0.5, 0.6) is 11.8 Å². The van der Waals surface area contributed by atoms with Crippen LogP contribution in [0.1, 0.15) is 10.4 Å². The van der Waals surface area contributed by atoms with Crippen molar-refractivity contribution in [2.75, 3.05) is 0 Å². The molecule has 17 heavy (non-hydrogen) atoms. The first-order chi connectivity index (χ1) is 8.00. The second-order valence-electron chi connectivity index (χ2n) is 3.21. The summed E-state index contributed by atoms with van der Waals surface area (Å²) in [5.41, 5.74) is -0.0984. The lowest BCUT2D eigenvalue weighted by atomic mass is 10.2. The van der Waals surface area contributed by atoms with Crippen molar-refractivity contribution >= 4 is 28.6 Å². The Balaban J connectivity index is 2.71. The van der Waals surface area contributed by atoms with E-state index in [4.69, 9.17) is 5.11 Å². The van der Waals surface area contributed by atoms with E-state index in [2.05, 4.69) is 4.98 Å². The van der Waals surface area contributed by atoms with Gasteiger partial charge in [-0.3, -0.25) is 0 Å². The molecule has 0 aliphatic heterocycles. The third-order valence-electron chi connectivity index (χ3n) is 2.12. The summed E-state index contributed by atoms with van der Waals surface area (Å²) < 4.78 is 1.61. The Morgan fingerprint density at radius 2 is 1.88 bits per heavy atom. The summed E-state index contributed by atoms with van der Waals surface area (Å²) in [4.78, 5) is 15.0. The Morgan fingerprint density at radius 3 is 2.41 bits per heavy atom. The highest BCUT2D eigenvalue weighted by molar-refractivity contribution is 14.1. The van der Waals surface area contributed by atoms with Crippen LogP contribution >= 0.6 is 22.6 Å². The minimum Gasteiger partial charge on any atom is -0.494 e. The normalized spacial score (nSPS) is 10.4. The highest BCUT2D eigenvalue weighted by Crippen LogP contribution is 2.27. The molecule has 88 valence electrons. The standard InChI is InChI=1S/C10H7IN2O4/c11-5-3-6(10(16)17)9(12-4-5)13-7(14)1-2-8(13)15/h1-4,14-15H,(H,16,17). The minimum absolute atomic E-state index is 0.0297. The lowest BCUT2D eigenvalue weighted by molar-refractivity contribution is 0.0696. The molecule has 0 spiro atoms. The maximum atomic E-state index is 11.1. The Kier molecular flexibility index (Phi) is 2.92. The van der Waals surface area contributed by atoms with Crippen LogP contribution in [0.4, 0.5) is 0 Å². The number of carbonyl (C=O) groups is 1. The molecule has 0 amide bonds. The first-order valence-electron chi connectivity index (χ1n) is 4.49. The number of pyridine rings is 1. The van der Waals surface area contributed by atoms with Gasteiger partial charge in [-0.25, -0.2) is 14.3 Å². The molecule has 2 heterocycles. The van der Waals surface area contributed by atoms with E-state index in [1.54, 1.807) is 0 Å². The maximum absolute atomic E-state index is 11.1. The fourth-order valence-electron chi connectivity index (χ4n) is 1.40. The molecule has 2 aromatic heterocycles. The quantitative estimate of drug-likeness (QED) is 0.718. The molecule has 0 aromatic carbocycles. The Bertz CT molecular complexity index is 574. The van der Waals surface area contributed by atoms with Crippen LogP contribution in [-0.4, -0.2) is 30.8 Å². The SMILES string of the molecule is O=C(O)c1cc(I)cnc1-n1c(O)ccc1O. The number of halogens is 1. The van der Waals surface area contributed by atoms with E-state index in [0.29, 0.717) is 3.57 Å². The molecule has 7 heteroatoms. The van der Waals surface area contributed by atoms with Crippen molar-refractivity contribution in [3.05, 3.63) is 33.5 Å². The highest BCUT2D eigenvalue weighted by atomic mass is 127. The fraction of sp³-hybridized carbons (Fsp3) is 0. The molecule has 0 unspecified atom stereocenters. The summed E-state index contributed by atoms with van der Waals surface area (Å²) in [6.07, 6.45) is 1.45. The summed E-state index contributed by atoms with van der Waals surface area (Å²) in [7, 11) is 0. The number of hydrogen-bond acceptors (Lipinski definition) is 4. The van der Waals surface area contributed by atoms with E-state index in [9.17, 15) is 15.0 Å². The Morgan fingerprint density at radius 1 is 1.29 bits per heavy atom. The Labute approximate surface area is 109 Å². The van der Waals surface area contributed by atoms with Crippen LogP contribution in [-0.2, 0) is 0 Å². The van der Waals surface area contributed by atoms with Crippen LogP contribution in [0, 0.1) is 3.57 Å². The molecule has 0 atom stereocenters. The van der Waals surface area contributed by atoms with E-state index in [-0.39, 0.29) is 23.1 Å². The molecule has 0 saturated heterocycles. The fourth-order valence-corrected chi connectivity index (χ4v) is 1.85. The highest BCUT2D eigenvalue weighted by Gasteiger charge is 2.18. The number of carboxylic acid groups (broad SMARTS) is 1. The second kappa shape index (κ2) is 4.24. The zero-order valence-corrected chi connectivity index (χ0v) is 10.5. The predicted molar refractivity (Wildman–Crippen MR) is 66.6 cm³/mol. The monoisotopic (exact) mass is 346 g/mol. The van der Waals surface area contributed by atoms with Gasteiger partial charge in [0, 0.05) is 21.9 Å². The van der Waals surface area contributed by atoms with Crippen LogP contribution in [0.25, 0.3) is 5.82 Å². The van der Waals surface area contributed by atoms with Crippen molar-refractivity contribution in [1.29, 1.82) is 0 Å². The van der Waals surface area contributed by atoms with E-state index in [1.165, 1.54) is 24.4 Å². The third kappa shape index (κ3) is 2.05. The van der Waals surface area contributed by atoms with Gasteiger partial charge < -0.3 is 15.3 Å². The third-order valence-corrected chi connectivity index (χ3v) is 2.71. The van der Waals surface area contributed by atoms with Crippen molar-refractivity contribution in [1.82, 2.24) is 9.55 Å². The molecular weight excluding hydrogens is 339 g/mol. The smallest absolute Gasteiger partial charge is 0.339 e. The lowest BCUT2D eigenvalue weighted by Gasteiger charge is -2.09. The number of aromatic carboxylic acids is 1. The molecule has 0 fully saturated rings. The van der Waals surface area contributed by atoms with Crippen LogP contribution < -0.4 is 0 Å². The average Bonchev–Trinajstić information content (AvgIpc) is 2.59. The predicted octanol–water partition coefficient (Wildman–Crippen LogP) is 1.59. The van der Waals surface area contributed by atoms with Crippen molar-refractivity contribution in [3.8, 4) is 17.6 Å². The number of carboxylic acids is 1. The van der Waals surface area contributed by atoms with Gasteiger partial charge in [0.05, 0.1) is 0 Å². The largest absolute Gasteiger partial charge is 0.494 e. The zero-order valence-electron chi connectivity index (χ0n) is 8.33. The zero-order chi connectivity index (χ0) is 12.6. The van der Waals surface area contributed by atoms with Gasteiger partial charge in [0.25, 0.3) is 0 Å². The van der Waals surface area contributed by atoms with Gasteiger partial charge in [-0.05, 0) is 28.7 Å². The van der Waals surface area contributed by atoms with Crippen LogP contribution in [0.2, 0.25) is 0 Å². The summed E-state index contributed by atoms with van der Waals surface area (Å²) >= 11 is 1.93. The van der Waals surface area contributed by atoms with Crippen molar-refractivity contribution < 1.29 is 20.1 Å². The van der Waals surface area contributed by atoms with Gasteiger partial charge in [0.2, 0.25) is 0 Å². The number of hydrogen-bond donors (Lipinski definition) is 3.